The van der Waals surface area contributed by atoms with E-state index >= 15 is 0 Å². The molecule has 1 aromatic heterocycles. The van der Waals surface area contributed by atoms with Gasteiger partial charge in [-0.3, -0.25) is 9.48 Å². The van der Waals surface area contributed by atoms with Crippen molar-refractivity contribution in [2.45, 2.75) is 19.4 Å². The Morgan fingerprint density at radius 1 is 1.63 bits per heavy atom. The predicted molar refractivity (Wildman–Crippen MR) is 71.2 cm³/mol. The van der Waals surface area contributed by atoms with Crippen molar-refractivity contribution in [1.82, 2.24) is 15.1 Å². The van der Waals surface area contributed by atoms with Gasteiger partial charge >= 0.3 is 0 Å². The molecule has 1 unspecified atom stereocenters. The second kappa shape index (κ2) is 4.69. The van der Waals surface area contributed by atoms with Gasteiger partial charge in [-0.1, -0.05) is 6.92 Å². The van der Waals surface area contributed by atoms with Crippen LogP contribution in [0, 0.1) is 0 Å². The van der Waals surface area contributed by atoms with Crippen molar-refractivity contribution < 1.29 is 13.2 Å². The van der Waals surface area contributed by atoms with Crippen LogP contribution in [0.1, 0.15) is 23.1 Å². The van der Waals surface area contributed by atoms with E-state index in [0.29, 0.717) is 17.8 Å². The average Bonchev–Trinajstić information content (AvgIpc) is 2.78. The number of nitrogens with two attached hydrogens (primary N) is 1. The standard InChI is InChI=1S/C11H16N4O3S/c1-3-8-9(12)10(15(2)14-8)11(16)13-7-4-5-19(17,18)6-7/h4-5,7H,3,6,12H2,1-2H3,(H,13,16). The number of rotatable bonds is 3. The molecule has 19 heavy (non-hydrogen) atoms. The van der Waals surface area contributed by atoms with Crippen molar-refractivity contribution in [3.05, 3.63) is 22.9 Å². The molecule has 1 atom stereocenters. The van der Waals surface area contributed by atoms with Crippen LogP contribution in [-0.2, 0) is 23.3 Å². The first-order valence-electron chi connectivity index (χ1n) is 5.87. The summed E-state index contributed by atoms with van der Waals surface area (Å²) >= 11 is 0. The summed E-state index contributed by atoms with van der Waals surface area (Å²) < 4.78 is 23.9. The van der Waals surface area contributed by atoms with Gasteiger partial charge in [-0.2, -0.15) is 5.10 Å². The summed E-state index contributed by atoms with van der Waals surface area (Å²) in [5, 5.41) is 7.88. The molecule has 7 nitrogen and oxygen atoms in total. The Balaban J connectivity index is 2.18. The van der Waals surface area contributed by atoms with Crippen molar-refractivity contribution in [2.75, 3.05) is 11.5 Å². The lowest BCUT2D eigenvalue weighted by molar-refractivity contribution is 0.0939. The Morgan fingerprint density at radius 2 is 2.32 bits per heavy atom. The fraction of sp³-hybridized carbons (Fsp3) is 0.455. The number of hydrogen-bond donors (Lipinski definition) is 2. The molecule has 0 aromatic carbocycles. The number of aryl methyl sites for hydroxylation is 2. The number of anilines is 1. The van der Waals surface area contributed by atoms with E-state index in [4.69, 9.17) is 5.73 Å². The third-order valence-corrected chi connectivity index (χ3v) is 4.35. The van der Waals surface area contributed by atoms with Crippen LogP contribution in [-0.4, -0.2) is 35.9 Å². The minimum absolute atomic E-state index is 0.114. The first-order chi connectivity index (χ1) is 8.84. The van der Waals surface area contributed by atoms with Crippen LogP contribution in [0.15, 0.2) is 11.5 Å². The topological polar surface area (TPSA) is 107 Å². The summed E-state index contributed by atoms with van der Waals surface area (Å²) in [6.45, 7) is 1.90. The van der Waals surface area contributed by atoms with Gasteiger partial charge in [0, 0.05) is 12.5 Å². The van der Waals surface area contributed by atoms with E-state index in [1.54, 1.807) is 7.05 Å². The molecule has 0 spiro atoms. The zero-order valence-electron chi connectivity index (χ0n) is 10.8. The largest absolute Gasteiger partial charge is 0.395 e. The molecule has 0 bridgehead atoms. The molecule has 8 heteroatoms. The minimum Gasteiger partial charge on any atom is -0.395 e. The van der Waals surface area contributed by atoms with Crippen LogP contribution in [0.4, 0.5) is 5.69 Å². The van der Waals surface area contributed by atoms with Gasteiger partial charge in [-0.25, -0.2) is 8.42 Å². The number of nitrogens with zero attached hydrogens (tertiary/aromatic N) is 2. The molecular formula is C11H16N4O3S. The van der Waals surface area contributed by atoms with Crippen molar-refractivity contribution >= 4 is 21.4 Å². The number of nitrogen functional groups attached to an aromatic ring is 1. The van der Waals surface area contributed by atoms with E-state index in [1.165, 1.54) is 10.8 Å². The lowest BCUT2D eigenvalue weighted by atomic mass is 10.2. The third kappa shape index (κ3) is 2.62. The fourth-order valence-electron chi connectivity index (χ4n) is 2.03. The van der Waals surface area contributed by atoms with Gasteiger partial charge in [0.25, 0.3) is 5.91 Å². The first kappa shape index (κ1) is 13.6. The predicted octanol–water partition coefficient (Wildman–Crippen LogP) is -0.395. The van der Waals surface area contributed by atoms with Gasteiger partial charge < -0.3 is 11.1 Å². The maximum atomic E-state index is 12.1. The lowest BCUT2D eigenvalue weighted by Gasteiger charge is -2.10. The molecule has 1 aromatic rings. The van der Waals surface area contributed by atoms with Crippen LogP contribution < -0.4 is 11.1 Å². The van der Waals surface area contributed by atoms with Gasteiger partial charge in [0.2, 0.25) is 0 Å². The highest BCUT2D eigenvalue weighted by molar-refractivity contribution is 7.94. The van der Waals surface area contributed by atoms with Gasteiger partial charge in [0.1, 0.15) is 5.69 Å². The van der Waals surface area contributed by atoms with Crippen molar-refractivity contribution in [3.63, 3.8) is 0 Å². The van der Waals surface area contributed by atoms with E-state index in [0.717, 1.165) is 5.41 Å². The SMILES string of the molecule is CCc1nn(C)c(C(=O)NC2C=CS(=O)(=O)C2)c1N. The highest BCUT2D eigenvalue weighted by Gasteiger charge is 2.26. The number of carbonyl (C=O) groups is 1. The Bertz CT molecular complexity index is 645. The number of amides is 1. The molecule has 2 heterocycles. The van der Waals surface area contributed by atoms with Crippen LogP contribution in [0.2, 0.25) is 0 Å². The summed E-state index contributed by atoms with van der Waals surface area (Å²) in [6, 6.07) is -0.517. The summed E-state index contributed by atoms with van der Waals surface area (Å²) in [5.41, 5.74) is 7.12. The fourth-order valence-corrected chi connectivity index (χ4v) is 3.26. The van der Waals surface area contributed by atoms with E-state index in [2.05, 4.69) is 10.4 Å². The quantitative estimate of drug-likeness (QED) is 0.785. The molecule has 0 radical (unpaired) electrons. The lowest BCUT2D eigenvalue weighted by Crippen LogP contribution is -2.36. The number of hydrogen-bond acceptors (Lipinski definition) is 5. The molecule has 1 aliphatic rings. The molecule has 0 saturated carbocycles. The first-order valence-corrected chi connectivity index (χ1v) is 7.58. The molecule has 2 rings (SSSR count). The normalized spacial score (nSPS) is 20.6. The Labute approximate surface area is 111 Å². The molecule has 1 amide bonds. The Hall–Kier alpha value is -1.83. The summed E-state index contributed by atoms with van der Waals surface area (Å²) in [5.74, 6) is -0.532. The summed E-state index contributed by atoms with van der Waals surface area (Å²) in [7, 11) is -1.56. The average molecular weight is 284 g/mol. The third-order valence-electron chi connectivity index (χ3n) is 2.96. The van der Waals surface area contributed by atoms with Gasteiger partial charge in [0.05, 0.1) is 23.2 Å². The van der Waals surface area contributed by atoms with E-state index in [1.807, 2.05) is 6.92 Å². The smallest absolute Gasteiger partial charge is 0.272 e. The highest BCUT2D eigenvalue weighted by atomic mass is 32.2. The summed E-state index contributed by atoms with van der Waals surface area (Å²) in [4.78, 5) is 12.1. The van der Waals surface area contributed by atoms with Gasteiger partial charge in [0.15, 0.2) is 9.84 Å². The van der Waals surface area contributed by atoms with E-state index in [-0.39, 0.29) is 11.4 Å². The maximum absolute atomic E-state index is 12.1. The second-order valence-corrected chi connectivity index (χ2v) is 6.36. The minimum atomic E-state index is -3.19. The van der Waals surface area contributed by atoms with Gasteiger partial charge in [-0.15, -0.1) is 0 Å². The van der Waals surface area contributed by atoms with Crippen molar-refractivity contribution in [1.29, 1.82) is 0 Å². The van der Waals surface area contributed by atoms with Crippen molar-refractivity contribution in [2.24, 2.45) is 7.05 Å². The molecular weight excluding hydrogens is 268 g/mol. The zero-order valence-corrected chi connectivity index (χ0v) is 11.6. The van der Waals surface area contributed by atoms with E-state index < -0.39 is 21.8 Å². The van der Waals surface area contributed by atoms with Crippen LogP contribution >= 0.6 is 0 Å². The van der Waals surface area contributed by atoms with E-state index in [9.17, 15) is 13.2 Å². The van der Waals surface area contributed by atoms with Crippen LogP contribution in [0.25, 0.3) is 0 Å². The Morgan fingerprint density at radius 3 is 2.79 bits per heavy atom. The number of nitrogens with one attached hydrogen (secondary N) is 1. The Kier molecular flexibility index (Phi) is 3.36. The number of sulfone groups is 1. The number of carbonyl (C=O) groups excluding carboxylic acids is 1. The van der Waals surface area contributed by atoms with Crippen LogP contribution in [0.3, 0.4) is 0 Å². The second-order valence-electron chi connectivity index (χ2n) is 4.42. The molecule has 3 N–H and O–H groups in total. The molecule has 0 aliphatic carbocycles. The highest BCUT2D eigenvalue weighted by Crippen LogP contribution is 2.17. The maximum Gasteiger partial charge on any atom is 0.272 e. The van der Waals surface area contributed by atoms with Gasteiger partial charge in [-0.05, 0) is 12.5 Å². The van der Waals surface area contributed by atoms with Crippen molar-refractivity contribution in [3.8, 4) is 0 Å². The molecule has 0 fully saturated rings. The molecule has 104 valence electrons. The van der Waals surface area contributed by atoms with Crippen LogP contribution in [0.5, 0.6) is 0 Å². The number of aromatic nitrogens is 2. The monoisotopic (exact) mass is 284 g/mol. The summed E-state index contributed by atoms with van der Waals surface area (Å²) in [6.07, 6.45) is 2.09. The molecule has 1 aliphatic heterocycles. The zero-order chi connectivity index (χ0) is 14.2. The molecule has 0 saturated heterocycles.